The molecule has 1 fully saturated rings. The van der Waals surface area contributed by atoms with E-state index < -0.39 is 0 Å². The van der Waals surface area contributed by atoms with E-state index in [9.17, 15) is 14.0 Å². The number of hydrogen-bond acceptors (Lipinski definition) is 3. The molecule has 0 bridgehead atoms. The van der Waals surface area contributed by atoms with E-state index in [4.69, 9.17) is 0 Å². The zero-order valence-electron chi connectivity index (χ0n) is 13.1. The number of halogens is 1. The van der Waals surface area contributed by atoms with E-state index in [0.29, 0.717) is 26.2 Å². The molecule has 0 aliphatic carbocycles. The molecular formula is C15H21FN4O2. The van der Waals surface area contributed by atoms with Crippen molar-refractivity contribution in [3.63, 3.8) is 0 Å². The first kappa shape index (κ1) is 16.1. The van der Waals surface area contributed by atoms with Gasteiger partial charge in [-0.25, -0.2) is 18.9 Å². The highest BCUT2D eigenvalue weighted by atomic mass is 19.1. The van der Waals surface area contributed by atoms with Crippen LogP contribution < -0.4 is 4.90 Å². The summed E-state index contributed by atoms with van der Waals surface area (Å²) in [5.74, 6) is -0.263. The lowest BCUT2D eigenvalue weighted by atomic mass is 10.2. The molecule has 2 rings (SSSR count). The Morgan fingerprint density at radius 3 is 2.05 bits per heavy atom. The molecule has 0 unspecified atom stereocenters. The molecule has 1 heterocycles. The molecule has 1 aliphatic heterocycles. The van der Waals surface area contributed by atoms with Gasteiger partial charge in [-0.3, -0.25) is 0 Å². The topological polar surface area (TPSA) is 47.1 Å². The van der Waals surface area contributed by atoms with Gasteiger partial charge in [-0.05, 0) is 24.3 Å². The Morgan fingerprint density at radius 2 is 1.55 bits per heavy atom. The van der Waals surface area contributed by atoms with Crippen LogP contribution in [0.1, 0.15) is 0 Å². The maximum absolute atomic E-state index is 12.9. The Bertz CT molecular complexity index is 539. The summed E-state index contributed by atoms with van der Waals surface area (Å²) in [4.78, 5) is 30.3. The first-order valence-electron chi connectivity index (χ1n) is 7.14. The molecule has 0 atom stereocenters. The zero-order valence-corrected chi connectivity index (χ0v) is 13.1. The van der Waals surface area contributed by atoms with Crippen molar-refractivity contribution in [2.75, 3.05) is 52.2 Å². The summed E-state index contributed by atoms with van der Waals surface area (Å²) in [6.45, 7) is 2.37. The van der Waals surface area contributed by atoms with Gasteiger partial charge in [0.15, 0.2) is 0 Å². The van der Waals surface area contributed by atoms with Gasteiger partial charge in [0.25, 0.3) is 0 Å². The largest absolute Gasteiger partial charge is 0.368 e. The van der Waals surface area contributed by atoms with E-state index in [1.165, 1.54) is 24.1 Å². The van der Waals surface area contributed by atoms with E-state index in [0.717, 1.165) is 10.6 Å². The number of carbonyl (C=O) groups excluding carboxylic acids is 2. The average Bonchev–Trinajstić information content (AvgIpc) is 2.53. The number of amides is 4. The number of imide groups is 1. The van der Waals surface area contributed by atoms with Crippen LogP contribution in [-0.4, -0.2) is 74.1 Å². The number of rotatable bonds is 1. The van der Waals surface area contributed by atoms with Crippen LogP contribution in [0.5, 0.6) is 0 Å². The van der Waals surface area contributed by atoms with E-state index in [1.807, 2.05) is 0 Å². The molecule has 6 nitrogen and oxygen atoms in total. The van der Waals surface area contributed by atoms with Crippen LogP contribution in [0.15, 0.2) is 24.3 Å². The van der Waals surface area contributed by atoms with Crippen LogP contribution in [0.3, 0.4) is 0 Å². The lowest BCUT2D eigenvalue weighted by Gasteiger charge is -2.37. The van der Waals surface area contributed by atoms with Crippen LogP contribution in [0.25, 0.3) is 0 Å². The van der Waals surface area contributed by atoms with E-state index in [1.54, 1.807) is 31.1 Å². The maximum atomic E-state index is 12.9. The molecular weight excluding hydrogens is 287 g/mol. The van der Waals surface area contributed by atoms with Crippen molar-refractivity contribution in [2.45, 2.75) is 0 Å². The third-order valence-corrected chi connectivity index (χ3v) is 3.70. The third kappa shape index (κ3) is 3.47. The molecule has 0 saturated carbocycles. The van der Waals surface area contributed by atoms with E-state index in [-0.39, 0.29) is 17.9 Å². The molecule has 0 radical (unpaired) electrons. The lowest BCUT2D eigenvalue weighted by Crippen LogP contribution is -2.54. The van der Waals surface area contributed by atoms with Crippen molar-refractivity contribution >= 4 is 17.7 Å². The second-order valence-electron chi connectivity index (χ2n) is 5.47. The van der Waals surface area contributed by atoms with Gasteiger partial charge in [0.05, 0.1) is 0 Å². The third-order valence-electron chi connectivity index (χ3n) is 3.70. The van der Waals surface area contributed by atoms with Gasteiger partial charge in [0, 0.05) is 53.0 Å². The highest BCUT2D eigenvalue weighted by Crippen LogP contribution is 2.17. The number of anilines is 1. The molecule has 1 saturated heterocycles. The molecule has 7 heteroatoms. The summed E-state index contributed by atoms with van der Waals surface area (Å²) in [6, 6.07) is 5.68. The predicted molar refractivity (Wildman–Crippen MR) is 82.4 cm³/mol. The normalized spacial score (nSPS) is 14.7. The van der Waals surface area contributed by atoms with Gasteiger partial charge >= 0.3 is 12.1 Å². The highest BCUT2D eigenvalue weighted by Gasteiger charge is 2.27. The van der Waals surface area contributed by atoms with Crippen LogP contribution in [0.2, 0.25) is 0 Å². The minimum Gasteiger partial charge on any atom is -0.368 e. The van der Waals surface area contributed by atoms with E-state index >= 15 is 0 Å². The molecule has 0 spiro atoms. The molecule has 0 N–H and O–H groups in total. The molecule has 22 heavy (non-hydrogen) atoms. The van der Waals surface area contributed by atoms with Crippen molar-refractivity contribution in [3.8, 4) is 0 Å². The van der Waals surface area contributed by atoms with Gasteiger partial charge < -0.3 is 14.7 Å². The Morgan fingerprint density at radius 1 is 1.00 bits per heavy atom. The van der Waals surface area contributed by atoms with Crippen molar-refractivity contribution < 1.29 is 14.0 Å². The van der Waals surface area contributed by atoms with Crippen molar-refractivity contribution in [1.29, 1.82) is 0 Å². The van der Waals surface area contributed by atoms with Gasteiger partial charge in [-0.1, -0.05) is 0 Å². The average molecular weight is 308 g/mol. The standard InChI is InChI=1S/C15H21FN4O2/c1-17(2)14(21)18(3)15(22)20-10-8-19(9-11-20)13-6-4-12(16)5-7-13/h4-7H,8-11H2,1-3H3. The molecule has 120 valence electrons. The van der Waals surface area contributed by atoms with Crippen molar-refractivity contribution in [1.82, 2.24) is 14.7 Å². The zero-order chi connectivity index (χ0) is 16.3. The van der Waals surface area contributed by atoms with E-state index in [2.05, 4.69) is 4.90 Å². The van der Waals surface area contributed by atoms with Crippen LogP contribution in [-0.2, 0) is 0 Å². The second kappa shape index (κ2) is 6.64. The Labute approximate surface area is 129 Å². The summed E-state index contributed by atoms with van der Waals surface area (Å²) in [6.07, 6.45) is 0. The summed E-state index contributed by atoms with van der Waals surface area (Å²) in [5.41, 5.74) is 0.936. The van der Waals surface area contributed by atoms with Gasteiger partial charge in [0.2, 0.25) is 0 Å². The minimum absolute atomic E-state index is 0.263. The number of nitrogens with zero attached hydrogens (tertiary/aromatic N) is 4. The van der Waals surface area contributed by atoms with Crippen LogP contribution in [0, 0.1) is 5.82 Å². The highest BCUT2D eigenvalue weighted by molar-refractivity contribution is 5.93. The second-order valence-corrected chi connectivity index (χ2v) is 5.47. The first-order valence-corrected chi connectivity index (χ1v) is 7.14. The van der Waals surface area contributed by atoms with Crippen molar-refractivity contribution in [2.24, 2.45) is 0 Å². The first-order chi connectivity index (χ1) is 10.4. The number of benzene rings is 1. The van der Waals surface area contributed by atoms with Crippen LogP contribution >= 0.6 is 0 Å². The Hall–Kier alpha value is -2.31. The number of carbonyl (C=O) groups is 2. The van der Waals surface area contributed by atoms with Crippen LogP contribution in [0.4, 0.5) is 19.7 Å². The molecule has 1 aromatic rings. The number of urea groups is 2. The molecule has 1 aliphatic rings. The molecule has 4 amide bonds. The predicted octanol–water partition coefficient (Wildman–Crippen LogP) is 1.68. The smallest absolute Gasteiger partial charge is 0.328 e. The summed E-state index contributed by atoms with van der Waals surface area (Å²) in [7, 11) is 4.70. The maximum Gasteiger partial charge on any atom is 0.328 e. The fourth-order valence-corrected chi connectivity index (χ4v) is 2.40. The quantitative estimate of drug-likeness (QED) is 0.793. The molecule has 0 aromatic heterocycles. The summed E-state index contributed by atoms with van der Waals surface area (Å²) in [5, 5.41) is 0. The summed E-state index contributed by atoms with van der Waals surface area (Å²) < 4.78 is 12.9. The monoisotopic (exact) mass is 308 g/mol. The fourth-order valence-electron chi connectivity index (χ4n) is 2.40. The van der Waals surface area contributed by atoms with Gasteiger partial charge in [0.1, 0.15) is 5.82 Å². The Kier molecular flexibility index (Phi) is 4.85. The number of piperazine rings is 1. The minimum atomic E-state index is -0.342. The lowest BCUT2D eigenvalue weighted by molar-refractivity contribution is 0.149. The SMILES string of the molecule is CN(C)C(=O)N(C)C(=O)N1CCN(c2ccc(F)cc2)CC1. The van der Waals surface area contributed by atoms with Gasteiger partial charge in [-0.2, -0.15) is 0 Å². The van der Waals surface area contributed by atoms with Gasteiger partial charge in [-0.15, -0.1) is 0 Å². The van der Waals surface area contributed by atoms with Crippen molar-refractivity contribution in [3.05, 3.63) is 30.1 Å². The fraction of sp³-hybridized carbons (Fsp3) is 0.467. The Balaban J connectivity index is 1.93. The number of hydrogen-bond donors (Lipinski definition) is 0. The molecule has 1 aromatic carbocycles. The summed E-state index contributed by atoms with van der Waals surface area (Å²) >= 11 is 0.